The van der Waals surface area contributed by atoms with E-state index < -0.39 is 0 Å². The monoisotopic (exact) mass is 282 g/mol. The normalized spacial score (nSPS) is 12.0. The van der Waals surface area contributed by atoms with Crippen molar-refractivity contribution in [2.24, 2.45) is 0 Å². The third-order valence-corrected chi connectivity index (χ3v) is 2.99. The van der Waals surface area contributed by atoms with Crippen LogP contribution in [0, 0.1) is 0 Å². The van der Waals surface area contributed by atoms with Crippen LogP contribution in [0.2, 0.25) is 0 Å². The van der Waals surface area contributed by atoms with Gasteiger partial charge < -0.3 is 10.6 Å². The molecule has 0 radical (unpaired) electrons. The number of carbonyl (C=O) groups excluding carboxylic acids is 1. The topological polar surface area (TPSA) is 84.2 Å². The number of urea groups is 1. The molecule has 0 aliphatic carbocycles. The number of hydrogen-bond donors (Lipinski definition) is 2. The Kier molecular flexibility index (Phi) is 3.46. The van der Waals surface area contributed by atoms with Crippen molar-refractivity contribution < 1.29 is 4.79 Å². The van der Waals surface area contributed by atoms with Crippen molar-refractivity contribution in [2.75, 3.05) is 5.32 Å². The molecule has 3 rings (SSSR count). The predicted molar refractivity (Wildman–Crippen MR) is 77.8 cm³/mol. The molecule has 0 spiro atoms. The molecule has 2 amide bonds. The molecule has 106 valence electrons. The molecule has 0 saturated heterocycles. The zero-order valence-electron chi connectivity index (χ0n) is 11.4. The van der Waals surface area contributed by atoms with Crippen molar-refractivity contribution in [3.05, 3.63) is 54.7 Å². The highest BCUT2D eigenvalue weighted by molar-refractivity contribution is 5.89. The van der Waals surface area contributed by atoms with Crippen LogP contribution in [0.3, 0.4) is 0 Å². The van der Waals surface area contributed by atoms with Gasteiger partial charge in [0.05, 0.1) is 17.9 Å². The van der Waals surface area contributed by atoms with Gasteiger partial charge in [-0.05, 0) is 31.2 Å². The van der Waals surface area contributed by atoms with Gasteiger partial charge >= 0.3 is 6.03 Å². The Morgan fingerprint density at radius 3 is 2.95 bits per heavy atom. The minimum atomic E-state index is -0.316. The Morgan fingerprint density at radius 2 is 2.14 bits per heavy atom. The van der Waals surface area contributed by atoms with Crippen LogP contribution in [-0.2, 0) is 0 Å². The highest BCUT2D eigenvalue weighted by Crippen LogP contribution is 2.12. The average molecular weight is 282 g/mol. The molecule has 3 aromatic rings. The molecule has 7 nitrogen and oxygen atoms in total. The standard InChI is InChI=1S/C14H14N6O/c1-10(13-19-18-12-6-2-3-8-20(12)13)16-14(21)17-11-5-4-7-15-9-11/h2-10H,1H3,(H2,16,17,21)/t10-/m1/s1. The van der Waals surface area contributed by atoms with E-state index in [1.165, 1.54) is 0 Å². The number of carbonyl (C=O) groups is 1. The number of anilines is 1. The fourth-order valence-electron chi connectivity index (χ4n) is 2.02. The minimum absolute atomic E-state index is 0.279. The van der Waals surface area contributed by atoms with Crippen molar-refractivity contribution >= 4 is 17.4 Å². The number of amides is 2. The molecule has 1 atom stereocenters. The van der Waals surface area contributed by atoms with Crippen molar-refractivity contribution in [2.45, 2.75) is 13.0 Å². The number of fused-ring (bicyclic) bond motifs is 1. The van der Waals surface area contributed by atoms with Crippen molar-refractivity contribution in [1.29, 1.82) is 0 Å². The Morgan fingerprint density at radius 1 is 1.24 bits per heavy atom. The first-order valence-corrected chi connectivity index (χ1v) is 6.51. The maximum absolute atomic E-state index is 11.9. The van der Waals surface area contributed by atoms with Gasteiger partial charge in [-0.15, -0.1) is 10.2 Å². The van der Waals surface area contributed by atoms with E-state index in [0.717, 1.165) is 5.65 Å². The van der Waals surface area contributed by atoms with Gasteiger partial charge in [-0.2, -0.15) is 0 Å². The summed E-state index contributed by atoms with van der Waals surface area (Å²) in [6.07, 6.45) is 5.09. The van der Waals surface area contributed by atoms with Gasteiger partial charge in [0.2, 0.25) is 0 Å². The number of rotatable bonds is 3. The first kappa shape index (κ1) is 13.0. The summed E-state index contributed by atoms with van der Waals surface area (Å²) >= 11 is 0. The fraction of sp³-hybridized carbons (Fsp3) is 0.143. The summed E-state index contributed by atoms with van der Waals surface area (Å²) in [6, 6.07) is 8.57. The van der Waals surface area contributed by atoms with Gasteiger partial charge in [0.25, 0.3) is 0 Å². The minimum Gasteiger partial charge on any atom is -0.328 e. The summed E-state index contributed by atoms with van der Waals surface area (Å²) in [4.78, 5) is 15.9. The Balaban J connectivity index is 1.71. The van der Waals surface area contributed by atoms with Gasteiger partial charge in [0.1, 0.15) is 0 Å². The predicted octanol–water partition coefficient (Wildman–Crippen LogP) is 2.01. The molecule has 0 saturated carbocycles. The molecule has 3 aromatic heterocycles. The summed E-state index contributed by atoms with van der Waals surface area (Å²) in [7, 11) is 0. The van der Waals surface area contributed by atoms with E-state index in [-0.39, 0.29) is 12.1 Å². The highest BCUT2D eigenvalue weighted by Gasteiger charge is 2.15. The van der Waals surface area contributed by atoms with E-state index in [1.807, 2.05) is 35.7 Å². The first-order chi connectivity index (χ1) is 10.2. The molecule has 2 N–H and O–H groups in total. The zero-order valence-corrected chi connectivity index (χ0v) is 11.4. The van der Waals surface area contributed by atoms with E-state index in [4.69, 9.17) is 0 Å². The number of pyridine rings is 2. The van der Waals surface area contributed by atoms with Crippen LogP contribution >= 0.6 is 0 Å². The molecule has 0 aromatic carbocycles. The summed E-state index contributed by atoms with van der Waals surface area (Å²) in [5, 5.41) is 13.7. The SMILES string of the molecule is C[C@@H](NC(=O)Nc1cccnc1)c1nnc2ccccn12. The largest absolute Gasteiger partial charge is 0.328 e. The second kappa shape index (κ2) is 5.58. The summed E-state index contributed by atoms with van der Waals surface area (Å²) < 4.78 is 1.84. The third kappa shape index (κ3) is 2.81. The summed E-state index contributed by atoms with van der Waals surface area (Å²) in [5.74, 6) is 0.673. The lowest BCUT2D eigenvalue weighted by Gasteiger charge is -2.13. The molecule has 0 bridgehead atoms. The van der Waals surface area contributed by atoms with Crippen LogP contribution < -0.4 is 10.6 Å². The van der Waals surface area contributed by atoms with Gasteiger partial charge in [-0.1, -0.05) is 6.07 Å². The molecule has 0 aliphatic rings. The molecule has 3 heterocycles. The molecule has 0 unspecified atom stereocenters. The van der Waals surface area contributed by atoms with Crippen LogP contribution in [0.5, 0.6) is 0 Å². The van der Waals surface area contributed by atoms with E-state index in [1.54, 1.807) is 24.5 Å². The van der Waals surface area contributed by atoms with E-state index in [2.05, 4.69) is 25.8 Å². The lowest BCUT2D eigenvalue weighted by Crippen LogP contribution is -2.32. The van der Waals surface area contributed by atoms with Crippen LogP contribution in [-0.4, -0.2) is 25.6 Å². The first-order valence-electron chi connectivity index (χ1n) is 6.51. The zero-order chi connectivity index (χ0) is 14.7. The van der Waals surface area contributed by atoms with E-state index >= 15 is 0 Å². The van der Waals surface area contributed by atoms with Gasteiger partial charge in [0.15, 0.2) is 11.5 Å². The molecular formula is C14H14N6O. The molecule has 7 heteroatoms. The lowest BCUT2D eigenvalue weighted by atomic mass is 10.3. The van der Waals surface area contributed by atoms with E-state index in [0.29, 0.717) is 11.5 Å². The smallest absolute Gasteiger partial charge is 0.319 e. The van der Waals surface area contributed by atoms with Gasteiger partial charge in [0, 0.05) is 12.4 Å². The lowest BCUT2D eigenvalue weighted by molar-refractivity contribution is 0.249. The van der Waals surface area contributed by atoms with Crippen molar-refractivity contribution in [1.82, 2.24) is 24.9 Å². The Bertz CT molecular complexity index is 754. The maximum atomic E-state index is 11.9. The third-order valence-electron chi connectivity index (χ3n) is 2.99. The molecule has 21 heavy (non-hydrogen) atoms. The molecule has 0 aliphatic heterocycles. The van der Waals surface area contributed by atoms with Crippen LogP contribution in [0.4, 0.5) is 10.5 Å². The average Bonchev–Trinajstić information content (AvgIpc) is 2.92. The number of hydrogen-bond acceptors (Lipinski definition) is 4. The summed E-state index contributed by atoms with van der Waals surface area (Å²) in [6.45, 7) is 1.85. The van der Waals surface area contributed by atoms with Gasteiger partial charge in [-0.3, -0.25) is 9.38 Å². The summed E-state index contributed by atoms with van der Waals surface area (Å²) in [5.41, 5.74) is 1.38. The number of nitrogens with zero attached hydrogens (tertiary/aromatic N) is 4. The number of nitrogens with one attached hydrogen (secondary N) is 2. The van der Waals surface area contributed by atoms with Crippen LogP contribution in [0.1, 0.15) is 18.8 Å². The van der Waals surface area contributed by atoms with Crippen molar-refractivity contribution in [3.63, 3.8) is 0 Å². The van der Waals surface area contributed by atoms with Crippen molar-refractivity contribution in [3.8, 4) is 0 Å². The van der Waals surface area contributed by atoms with Gasteiger partial charge in [-0.25, -0.2) is 4.79 Å². The van der Waals surface area contributed by atoms with E-state index in [9.17, 15) is 4.79 Å². The second-order valence-electron chi connectivity index (χ2n) is 4.55. The Hall–Kier alpha value is -2.96. The van der Waals surface area contributed by atoms with Crippen LogP contribution in [0.15, 0.2) is 48.9 Å². The molecule has 0 fully saturated rings. The van der Waals surface area contributed by atoms with Crippen LogP contribution in [0.25, 0.3) is 5.65 Å². The Labute approximate surface area is 121 Å². The maximum Gasteiger partial charge on any atom is 0.319 e. The number of aromatic nitrogens is 4. The fourth-order valence-corrected chi connectivity index (χ4v) is 2.02. The quantitative estimate of drug-likeness (QED) is 0.769. The second-order valence-corrected chi connectivity index (χ2v) is 4.55. The molecular weight excluding hydrogens is 268 g/mol. The highest BCUT2D eigenvalue weighted by atomic mass is 16.2.